The van der Waals surface area contributed by atoms with Crippen LogP contribution in [-0.4, -0.2) is 6.61 Å². The molecule has 0 saturated carbocycles. The van der Waals surface area contributed by atoms with Crippen LogP contribution in [0.3, 0.4) is 0 Å². The molecule has 0 heterocycles. The Morgan fingerprint density at radius 2 is 1.47 bits per heavy atom. The van der Waals surface area contributed by atoms with Crippen LogP contribution >= 0.6 is 0 Å². The lowest BCUT2D eigenvalue weighted by molar-refractivity contribution is 0.317. The Balaban J connectivity index is 1.55. The van der Waals surface area contributed by atoms with E-state index in [1.165, 1.54) is 18.2 Å². The van der Waals surface area contributed by atoms with Crippen molar-refractivity contribution in [3.63, 3.8) is 0 Å². The van der Waals surface area contributed by atoms with E-state index in [9.17, 15) is 8.78 Å². The van der Waals surface area contributed by atoms with Crippen LogP contribution in [0, 0.1) is 23.5 Å². The van der Waals surface area contributed by atoms with E-state index in [2.05, 4.69) is 18.8 Å². The van der Waals surface area contributed by atoms with Gasteiger partial charge in [0.25, 0.3) is 0 Å². The van der Waals surface area contributed by atoms with Crippen LogP contribution in [0.25, 0.3) is 21.9 Å². The monoisotopic (exact) mass is 398 g/mol. The van der Waals surface area contributed by atoms with Gasteiger partial charge in [-0.25, -0.2) is 8.78 Å². The van der Waals surface area contributed by atoms with Gasteiger partial charge in [-0.05, 0) is 76.9 Å². The summed E-state index contributed by atoms with van der Waals surface area (Å²) in [6.45, 7) is 2.73. The lowest BCUT2D eigenvalue weighted by atomic mass is 10.0. The van der Waals surface area contributed by atoms with E-state index in [4.69, 9.17) is 4.74 Å². The van der Waals surface area contributed by atoms with Crippen molar-refractivity contribution in [2.75, 3.05) is 6.61 Å². The topological polar surface area (TPSA) is 9.23 Å². The molecular formula is C27H20F2O. The average Bonchev–Trinajstić information content (AvgIpc) is 2.77. The van der Waals surface area contributed by atoms with Crippen molar-refractivity contribution in [1.29, 1.82) is 0 Å². The highest BCUT2D eigenvalue weighted by atomic mass is 19.1. The highest BCUT2D eigenvalue weighted by molar-refractivity contribution is 5.84. The summed E-state index contributed by atoms with van der Waals surface area (Å²) in [6.07, 6.45) is 0.952. The molecule has 0 bridgehead atoms. The van der Waals surface area contributed by atoms with Crippen LogP contribution in [-0.2, 0) is 0 Å². The lowest BCUT2D eigenvalue weighted by Gasteiger charge is -2.07. The second kappa shape index (κ2) is 8.80. The number of benzene rings is 4. The van der Waals surface area contributed by atoms with Crippen LogP contribution in [0.2, 0.25) is 0 Å². The number of rotatable bonds is 4. The molecule has 148 valence electrons. The zero-order valence-electron chi connectivity index (χ0n) is 16.6. The first kappa shape index (κ1) is 19.7. The van der Waals surface area contributed by atoms with Gasteiger partial charge in [0.1, 0.15) is 17.4 Å². The Hall–Kier alpha value is -3.64. The van der Waals surface area contributed by atoms with Crippen molar-refractivity contribution in [3.8, 4) is 28.7 Å². The molecule has 3 heteroatoms. The van der Waals surface area contributed by atoms with Gasteiger partial charge in [-0.2, -0.15) is 0 Å². The van der Waals surface area contributed by atoms with Crippen LogP contribution in [0.15, 0.2) is 78.9 Å². The standard InChI is InChI=1S/C27H20F2O/c1-2-15-30-26-13-10-20(11-14-26)24-8-7-21(27(29)18-24)5-3-19-4-6-23-17-25(28)12-9-22(23)16-19/h4,6-14,16-18H,2,15H2,1H3. The minimum atomic E-state index is -0.367. The largest absolute Gasteiger partial charge is 0.494 e. The first-order valence-corrected chi connectivity index (χ1v) is 9.86. The maximum absolute atomic E-state index is 14.6. The summed E-state index contributed by atoms with van der Waals surface area (Å²) in [7, 11) is 0. The van der Waals surface area contributed by atoms with E-state index in [0.717, 1.165) is 39.6 Å². The molecule has 30 heavy (non-hydrogen) atoms. The molecule has 0 aliphatic heterocycles. The molecule has 1 nitrogen and oxygen atoms in total. The third-order valence-corrected chi connectivity index (χ3v) is 4.77. The fraction of sp³-hybridized carbons (Fsp3) is 0.111. The molecular weight excluding hydrogens is 378 g/mol. The number of ether oxygens (including phenoxy) is 1. The lowest BCUT2D eigenvalue weighted by Crippen LogP contribution is -1.94. The van der Waals surface area contributed by atoms with Gasteiger partial charge in [0.15, 0.2) is 0 Å². The molecule has 4 aromatic rings. The molecule has 0 N–H and O–H groups in total. The third kappa shape index (κ3) is 4.50. The summed E-state index contributed by atoms with van der Waals surface area (Å²) in [5.74, 6) is 6.06. The third-order valence-electron chi connectivity index (χ3n) is 4.77. The molecule has 4 aromatic carbocycles. The van der Waals surface area contributed by atoms with Crippen molar-refractivity contribution in [2.24, 2.45) is 0 Å². The van der Waals surface area contributed by atoms with Gasteiger partial charge >= 0.3 is 0 Å². The first-order chi connectivity index (χ1) is 14.6. The van der Waals surface area contributed by atoms with E-state index in [1.54, 1.807) is 12.1 Å². The fourth-order valence-corrected chi connectivity index (χ4v) is 3.19. The molecule has 0 atom stereocenters. The average molecular weight is 398 g/mol. The molecule has 0 aliphatic rings. The summed E-state index contributed by atoms with van der Waals surface area (Å²) < 4.78 is 33.5. The van der Waals surface area contributed by atoms with Gasteiger partial charge in [0, 0.05) is 5.56 Å². The molecule has 0 spiro atoms. The second-order valence-electron chi connectivity index (χ2n) is 7.02. The van der Waals surface area contributed by atoms with Crippen LogP contribution in [0.1, 0.15) is 24.5 Å². The molecule has 4 rings (SSSR count). The Labute approximate surface area is 174 Å². The quantitative estimate of drug-likeness (QED) is 0.337. The Morgan fingerprint density at radius 3 is 2.23 bits per heavy atom. The van der Waals surface area contributed by atoms with E-state index in [0.29, 0.717) is 12.2 Å². The Morgan fingerprint density at radius 1 is 0.733 bits per heavy atom. The molecule has 0 fully saturated rings. The SMILES string of the molecule is CCCOc1ccc(-c2ccc(C#Cc3ccc4cc(F)ccc4c3)c(F)c2)cc1. The summed E-state index contributed by atoms with van der Waals surface area (Å²) in [4.78, 5) is 0. The smallest absolute Gasteiger partial charge is 0.139 e. The number of hydrogen-bond donors (Lipinski definition) is 0. The van der Waals surface area contributed by atoms with Gasteiger partial charge in [-0.1, -0.05) is 49.1 Å². The summed E-state index contributed by atoms with van der Waals surface area (Å²) >= 11 is 0. The zero-order valence-corrected chi connectivity index (χ0v) is 16.6. The predicted molar refractivity (Wildman–Crippen MR) is 118 cm³/mol. The highest BCUT2D eigenvalue weighted by Crippen LogP contribution is 2.24. The van der Waals surface area contributed by atoms with Crippen molar-refractivity contribution in [3.05, 3.63) is 102 Å². The minimum Gasteiger partial charge on any atom is -0.494 e. The van der Waals surface area contributed by atoms with Gasteiger partial charge in [0.05, 0.1) is 12.2 Å². The van der Waals surface area contributed by atoms with Gasteiger partial charge in [-0.3, -0.25) is 0 Å². The van der Waals surface area contributed by atoms with Crippen molar-refractivity contribution >= 4 is 10.8 Å². The maximum atomic E-state index is 14.6. The van der Waals surface area contributed by atoms with E-state index >= 15 is 0 Å². The number of fused-ring (bicyclic) bond motifs is 1. The van der Waals surface area contributed by atoms with Crippen molar-refractivity contribution in [1.82, 2.24) is 0 Å². The molecule has 0 saturated heterocycles. The van der Waals surface area contributed by atoms with E-state index in [1.807, 2.05) is 48.5 Å². The molecule has 0 aliphatic carbocycles. The minimum absolute atomic E-state index is 0.272. The highest BCUT2D eigenvalue weighted by Gasteiger charge is 2.05. The molecule has 0 unspecified atom stereocenters. The summed E-state index contributed by atoms with van der Waals surface area (Å²) in [5, 5.41) is 1.70. The summed E-state index contributed by atoms with van der Waals surface area (Å²) in [6, 6.07) is 22.8. The maximum Gasteiger partial charge on any atom is 0.139 e. The van der Waals surface area contributed by atoms with E-state index < -0.39 is 0 Å². The van der Waals surface area contributed by atoms with Gasteiger partial charge in [0.2, 0.25) is 0 Å². The van der Waals surface area contributed by atoms with Crippen LogP contribution < -0.4 is 4.74 Å². The van der Waals surface area contributed by atoms with Crippen LogP contribution in [0.4, 0.5) is 8.78 Å². The predicted octanol–water partition coefficient (Wildman–Crippen LogP) is 6.97. The Kier molecular flexibility index (Phi) is 5.77. The van der Waals surface area contributed by atoms with Gasteiger partial charge < -0.3 is 4.74 Å². The first-order valence-electron chi connectivity index (χ1n) is 9.86. The van der Waals surface area contributed by atoms with Gasteiger partial charge in [-0.15, -0.1) is 0 Å². The number of halogens is 2. The van der Waals surface area contributed by atoms with E-state index in [-0.39, 0.29) is 11.6 Å². The Bertz CT molecular complexity index is 1250. The van der Waals surface area contributed by atoms with Crippen LogP contribution in [0.5, 0.6) is 5.75 Å². The molecule has 0 radical (unpaired) electrons. The normalized spacial score (nSPS) is 10.5. The number of hydrogen-bond acceptors (Lipinski definition) is 1. The van der Waals surface area contributed by atoms with Crippen molar-refractivity contribution in [2.45, 2.75) is 13.3 Å². The molecule has 0 aromatic heterocycles. The summed E-state index contributed by atoms with van der Waals surface area (Å²) in [5.41, 5.74) is 2.79. The molecule has 0 amide bonds. The zero-order chi connectivity index (χ0) is 20.9. The van der Waals surface area contributed by atoms with Crippen molar-refractivity contribution < 1.29 is 13.5 Å². The second-order valence-corrected chi connectivity index (χ2v) is 7.02. The fourth-order valence-electron chi connectivity index (χ4n) is 3.19.